The molecule has 2 rings (SSSR count). The SMILES string of the molecule is CN=C(NCCCN1CCCC1C(=O)N(C)C)N(C)CCOc1ccccc1.I. The summed E-state index contributed by atoms with van der Waals surface area (Å²) in [6, 6.07) is 9.88. The van der Waals surface area contributed by atoms with Gasteiger partial charge in [0, 0.05) is 41.3 Å². The topological polar surface area (TPSA) is 60.4 Å². The number of rotatable bonds is 9. The van der Waals surface area contributed by atoms with Gasteiger partial charge < -0.3 is 19.9 Å². The normalized spacial score (nSPS) is 16.8. The summed E-state index contributed by atoms with van der Waals surface area (Å²) >= 11 is 0. The Labute approximate surface area is 192 Å². The fourth-order valence-electron chi connectivity index (χ4n) is 3.46. The van der Waals surface area contributed by atoms with Crippen LogP contribution in [0.1, 0.15) is 19.3 Å². The molecule has 29 heavy (non-hydrogen) atoms. The van der Waals surface area contributed by atoms with Crippen LogP contribution < -0.4 is 10.1 Å². The van der Waals surface area contributed by atoms with Gasteiger partial charge in [0.15, 0.2) is 5.96 Å². The number of nitrogens with one attached hydrogen (secondary N) is 1. The maximum atomic E-state index is 12.3. The summed E-state index contributed by atoms with van der Waals surface area (Å²) in [4.78, 5) is 22.7. The lowest BCUT2D eigenvalue weighted by Gasteiger charge is -2.26. The fraction of sp³-hybridized carbons (Fsp3) is 0.619. The van der Waals surface area contributed by atoms with Gasteiger partial charge in [-0.05, 0) is 37.9 Å². The van der Waals surface area contributed by atoms with Crippen LogP contribution in [-0.2, 0) is 4.79 Å². The van der Waals surface area contributed by atoms with E-state index in [4.69, 9.17) is 4.74 Å². The van der Waals surface area contributed by atoms with E-state index in [1.165, 1.54) is 0 Å². The number of likely N-dealkylation sites (N-methyl/N-ethyl adjacent to an activating group) is 2. The van der Waals surface area contributed by atoms with E-state index in [-0.39, 0.29) is 35.9 Å². The Morgan fingerprint density at radius 3 is 2.66 bits per heavy atom. The zero-order valence-electron chi connectivity index (χ0n) is 18.1. The van der Waals surface area contributed by atoms with Crippen molar-refractivity contribution in [1.29, 1.82) is 0 Å². The quantitative estimate of drug-likeness (QED) is 0.236. The van der Waals surface area contributed by atoms with E-state index in [1.54, 1.807) is 11.9 Å². The van der Waals surface area contributed by atoms with Gasteiger partial charge >= 0.3 is 0 Å². The van der Waals surface area contributed by atoms with Crippen molar-refractivity contribution in [3.8, 4) is 5.75 Å². The minimum atomic E-state index is 0. The van der Waals surface area contributed by atoms with E-state index in [0.717, 1.165) is 57.2 Å². The molecule has 0 radical (unpaired) electrons. The molecule has 1 aromatic carbocycles. The van der Waals surface area contributed by atoms with E-state index in [1.807, 2.05) is 51.5 Å². The highest BCUT2D eigenvalue weighted by Crippen LogP contribution is 2.18. The van der Waals surface area contributed by atoms with Crippen LogP contribution in [0.3, 0.4) is 0 Å². The van der Waals surface area contributed by atoms with Crippen molar-refractivity contribution in [1.82, 2.24) is 20.0 Å². The summed E-state index contributed by atoms with van der Waals surface area (Å²) in [5.74, 6) is 1.96. The molecule has 1 aliphatic heterocycles. The maximum absolute atomic E-state index is 12.3. The Kier molecular flexibility index (Phi) is 12.0. The predicted octanol–water partition coefficient (Wildman–Crippen LogP) is 2.13. The summed E-state index contributed by atoms with van der Waals surface area (Å²) < 4.78 is 5.75. The lowest BCUT2D eigenvalue weighted by atomic mass is 10.2. The molecule has 0 bridgehead atoms. The van der Waals surface area contributed by atoms with Gasteiger partial charge in [-0.1, -0.05) is 18.2 Å². The minimum absolute atomic E-state index is 0. The van der Waals surface area contributed by atoms with E-state index in [0.29, 0.717) is 6.61 Å². The van der Waals surface area contributed by atoms with Crippen molar-refractivity contribution < 1.29 is 9.53 Å². The number of carbonyl (C=O) groups is 1. The molecule has 1 amide bonds. The molecule has 1 heterocycles. The molecule has 8 heteroatoms. The maximum Gasteiger partial charge on any atom is 0.239 e. The molecule has 1 N–H and O–H groups in total. The van der Waals surface area contributed by atoms with Crippen LogP contribution >= 0.6 is 24.0 Å². The second kappa shape index (κ2) is 13.6. The van der Waals surface area contributed by atoms with Crippen molar-refractivity contribution >= 4 is 35.8 Å². The molecule has 1 atom stereocenters. The Morgan fingerprint density at radius 1 is 1.28 bits per heavy atom. The molecule has 164 valence electrons. The van der Waals surface area contributed by atoms with Crippen molar-refractivity contribution in [2.45, 2.75) is 25.3 Å². The Morgan fingerprint density at radius 2 is 2.00 bits per heavy atom. The third-order valence-corrected chi connectivity index (χ3v) is 5.01. The molecule has 0 saturated carbocycles. The average Bonchev–Trinajstić information content (AvgIpc) is 3.16. The van der Waals surface area contributed by atoms with Crippen LogP contribution in [0, 0.1) is 0 Å². The summed E-state index contributed by atoms with van der Waals surface area (Å²) in [5.41, 5.74) is 0. The van der Waals surface area contributed by atoms with Gasteiger partial charge in [-0.2, -0.15) is 0 Å². The van der Waals surface area contributed by atoms with Gasteiger partial charge in [0.2, 0.25) is 5.91 Å². The van der Waals surface area contributed by atoms with Gasteiger partial charge in [0.05, 0.1) is 12.6 Å². The van der Waals surface area contributed by atoms with Gasteiger partial charge in [0.25, 0.3) is 0 Å². The minimum Gasteiger partial charge on any atom is -0.492 e. The molecular formula is C21H36IN5O2. The zero-order chi connectivity index (χ0) is 20.4. The molecule has 7 nitrogen and oxygen atoms in total. The molecule has 1 aromatic rings. The number of amides is 1. The Balaban J connectivity index is 0.00000420. The highest BCUT2D eigenvalue weighted by atomic mass is 127. The Bertz CT molecular complexity index is 627. The van der Waals surface area contributed by atoms with E-state index in [2.05, 4.69) is 20.1 Å². The third-order valence-electron chi connectivity index (χ3n) is 5.01. The van der Waals surface area contributed by atoms with Gasteiger partial charge in [-0.3, -0.25) is 14.7 Å². The van der Waals surface area contributed by atoms with Crippen molar-refractivity contribution in [2.24, 2.45) is 4.99 Å². The molecule has 1 unspecified atom stereocenters. The molecule has 0 aliphatic carbocycles. The van der Waals surface area contributed by atoms with Crippen molar-refractivity contribution in [3.05, 3.63) is 30.3 Å². The van der Waals surface area contributed by atoms with Crippen LogP contribution in [0.5, 0.6) is 5.75 Å². The summed E-state index contributed by atoms with van der Waals surface area (Å²) in [6.45, 7) is 4.12. The number of hydrogen-bond acceptors (Lipinski definition) is 4. The van der Waals surface area contributed by atoms with Crippen molar-refractivity contribution in [3.63, 3.8) is 0 Å². The second-order valence-electron chi connectivity index (χ2n) is 7.34. The number of nitrogens with zero attached hydrogens (tertiary/aromatic N) is 4. The van der Waals surface area contributed by atoms with E-state index >= 15 is 0 Å². The summed E-state index contributed by atoms with van der Waals surface area (Å²) in [7, 11) is 7.47. The number of carbonyl (C=O) groups excluding carboxylic acids is 1. The van der Waals surface area contributed by atoms with Crippen LogP contribution in [-0.4, -0.2) is 93.6 Å². The van der Waals surface area contributed by atoms with Gasteiger partial charge in [0.1, 0.15) is 12.4 Å². The zero-order valence-corrected chi connectivity index (χ0v) is 20.5. The first-order valence-electron chi connectivity index (χ1n) is 10.1. The lowest BCUT2D eigenvalue weighted by Crippen LogP contribution is -2.44. The summed E-state index contributed by atoms with van der Waals surface area (Å²) in [6.07, 6.45) is 3.05. The highest BCUT2D eigenvalue weighted by molar-refractivity contribution is 14.0. The molecule has 1 saturated heterocycles. The van der Waals surface area contributed by atoms with Crippen LogP contribution in [0.4, 0.5) is 0 Å². The molecule has 0 aromatic heterocycles. The smallest absolute Gasteiger partial charge is 0.239 e. The van der Waals surface area contributed by atoms with Gasteiger partial charge in [-0.15, -0.1) is 24.0 Å². The van der Waals surface area contributed by atoms with Gasteiger partial charge in [-0.25, -0.2) is 0 Å². The first kappa shape index (κ1) is 25.5. The number of aliphatic imine (C=N–C) groups is 1. The molecule has 1 fully saturated rings. The number of guanidine groups is 1. The largest absolute Gasteiger partial charge is 0.492 e. The number of benzene rings is 1. The second-order valence-corrected chi connectivity index (χ2v) is 7.34. The lowest BCUT2D eigenvalue weighted by molar-refractivity contribution is -0.133. The molecule has 0 spiro atoms. The molecular weight excluding hydrogens is 481 g/mol. The first-order chi connectivity index (χ1) is 13.5. The average molecular weight is 517 g/mol. The first-order valence-corrected chi connectivity index (χ1v) is 10.1. The predicted molar refractivity (Wildman–Crippen MR) is 129 cm³/mol. The number of para-hydroxylation sites is 1. The standard InChI is InChI=1S/C21H35N5O2.HI/c1-22-21(25(4)16-17-28-18-10-6-5-7-11-18)23-13-9-15-26-14-8-12-19(26)20(27)24(2)3;/h5-7,10-11,19H,8-9,12-17H2,1-4H3,(H,22,23);1H. The summed E-state index contributed by atoms with van der Waals surface area (Å²) in [5, 5.41) is 3.41. The van der Waals surface area contributed by atoms with E-state index < -0.39 is 0 Å². The fourth-order valence-corrected chi connectivity index (χ4v) is 3.46. The van der Waals surface area contributed by atoms with Crippen LogP contribution in [0.15, 0.2) is 35.3 Å². The monoisotopic (exact) mass is 517 g/mol. The molecule has 1 aliphatic rings. The Hall–Kier alpha value is -1.55. The third kappa shape index (κ3) is 8.38. The van der Waals surface area contributed by atoms with Crippen molar-refractivity contribution in [2.75, 3.05) is 61.0 Å². The highest BCUT2D eigenvalue weighted by Gasteiger charge is 2.30. The number of halogens is 1. The number of likely N-dealkylation sites (tertiary alicyclic amines) is 1. The van der Waals surface area contributed by atoms with E-state index in [9.17, 15) is 4.79 Å². The number of ether oxygens (including phenoxy) is 1. The van der Waals surface area contributed by atoms with Crippen LogP contribution in [0.2, 0.25) is 0 Å². The number of hydrogen-bond donors (Lipinski definition) is 1. The van der Waals surface area contributed by atoms with Crippen LogP contribution in [0.25, 0.3) is 0 Å².